The van der Waals surface area contributed by atoms with Crippen LogP contribution in [0.25, 0.3) is 0 Å². The number of amides is 1. The Hall–Kier alpha value is -2.09. The molecular weight excluding hydrogens is 364 g/mol. The minimum absolute atomic E-state index is 0.0813. The lowest BCUT2D eigenvalue weighted by atomic mass is 10.2. The first-order chi connectivity index (χ1) is 11.9. The third kappa shape index (κ3) is 4.94. The van der Waals surface area contributed by atoms with Crippen molar-refractivity contribution in [2.75, 3.05) is 19.0 Å². The number of benzene rings is 2. The lowest BCUT2D eigenvalue weighted by molar-refractivity contribution is 0.102. The summed E-state index contributed by atoms with van der Waals surface area (Å²) in [5.74, 6) is -0.278. The van der Waals surface area contributed by atoms with Crippen LogP contribution in [0.4, 0.5) is 5.69 Å². The molecule has 0 bridgehead atoms. The summed E-state index contributed by atoms with van der Waals surface area (Å²) in [4.78, 5) is 12.3. The molecule has 0 saturated carbocycles. The van der Waals surface area contributed by atoms with E-state index in [4.69, 9.17) is 16.3 Å². The first-order valence-electron chi connectivity index (χ1n) is 7.62. The Labute approximate surface area is 152 Å². The number of carbonyl (C=O) groups is 1. The van der Waals surface area contributed by atoms with Crippen LogP contribution in [0.1, 0.15) is 23.7 Å². The van der Waals surface area contributed by atoms with Crippen LogP contribution in [0.15, 0.2) is 47.4 Å². The maximum Gasteiger partial charge on any atom is 0.255 e. The molecule has 134 valence electrons. The largest absolute Gasteiger partial charge is 0.495 e. The number of methoxy groups -OCH3 is 1. The Morgan fingerprint density at radius 2 is 1.96 bits per heavy atom. The lowest BCUT2D eigenvalue weighted by Gasteiger charge is -2.12. The maximum absolute atomic E-state index is 12.4. The zero-order chi connectivity index (χ0) is 18.4. The van der Waals surface area contributed by atoms with Gasteiger partial charge in [-0.25, -0.2) is 13.1 Å². The summed E-state index contributed by atoms with van der Waals surface area (Å²) in [6, 6.07) is 10.9. The van der Waals surface area contributed by atoms with Crippen molar-refractivity contribution in [1.82, 2.24) is 4.72 Å². The van der Waals surface area contributed by atoms with Crippen LogP contribution in [-0.2, 0) is 10.0 Å². The first-order valence-corrected chi connectivity index (χ1v) is 9.48. The Kier molecular flexibility index (Phi) is 6.41. The van der Waals surface area contributed by atoms with Crippen LogP contribution in [0.3, 0.4) is 0 Å². The normalized spacial score (nSPS) is 11.2. The number of nitrogens with one attached hydrogen (secondary N) is 2. The van der Waals surface area contributed by atoms with Crippen LogP contribution in [-0.4, -0.2) is 28.0 Å². The molecule has 0 fully saturated rings. The molecule has 0 radical (unpaired) electrons. The molecule has 8 heteroatoms. The summed E-state index contributed by atoms with van der Waals surface area (Å²) >= 11 is 5.89. The third-order valence-corrected chi connectivity index (χ3v) is 5.06. The fourth-order valence-corrected chi connectivity index (χ4v) is 3.63. The van der Waals surface area contributed by atoms with Gasteiger partial charge in [-0.05, 0) is 42.8 Å². The highest BCUT2D eigenvalue weighted by Crippen LogP contribution is 2.25. The zero-order valence-electron chi connectivity index (χ0n) is 13.9. The van der Waals surface area contributed by atoms with Crippen molar-refractivity contribution in [1.29, 1.82) is 0 Å². The molecule has 25 heavy (non-hydrogen) atoms. The minimum Gasteiger partial charge on any atom is -0.495 e. The van der Waals surface area contributed by atoms with Crippen LogP contribution in [0.2, 0.25) is 5.02 Å². The molecule has 0 saturated heterocycles. The standard InChI is InChI=1S/C17H19ClN2O4S/c1-3-9-19-25(22,23)16-10-12(7-8-15(16)24-2)17(21)20-14-6-4-5-13(18)11-14/h4-8,10-11,19H,3,9H2,1-2H3,(H,20,21). The van der Waals surface area contributed by atoms with Crippen LogP contribution in [0.5, 0.6) is 5.75 Å². The highest BCUT2D eigenvalue weighted by molar-refractivity contribution is 7.89. The van der Waals surface area contributed by atoms with E-state index in [2.05, 4.69) is 10.0 Å². The first kappa shape index (κ1) is 19.2. The smallest absolute Gasteiger partial charge is 0.255 e. The molecule has 2 aromatic rings. The fourth-order valence-electron chi connectivity index (χ4n) is 2.11. The number of hydrogen-bond donors (Lipinski definition) is 2. The second-order valence-electron chi connectivity index (χ2n) is 5.23. The van der Waals surface area contributed by atoms with Gasteiger partial charge in [0.15, 0.2) is 0 Å². The Morgan fingerprint density at radius 3 is 2.60 bits per heavy atom. The monoisotopic (exact) mass is 382 g/mol. The molecule has 1 amide bonds. The van der Waals surface area contributed by atoms with Crippen molar-refractivity contribution in [2.24, 2.45) is 0 Å². The molecule has 2 N–H and O–H groups in total. The van der Waals surface area contributed by atoms with E-state index in [1.165, 1.54) is 25.3 Å². The van der Waals surface area contributed by atoms with Gasteiger partial charge in [0.25, 0.3) is 5.91 Å². The number of hydrogen-bond acceptors (Lipinski definition) is 4. The number of ether oxygens (including phenoxy) is 1. The molecule has 0 aliphatic rings. The van der Waals surface area contributed by atoms with Crippen LogP contribution in [0, 0.1) is 0 Å². The van der Waals surface area contributed by atoms with Gasteiger partial charge in [0.1, 0.15) is 10.6 Å². The van der Waals surface area contributed by atoms with E-state index in [0.717, 1.165) is 0 Å². The number of anilines is 1. The SMILES string of the molecule is CCCNS(=O)(=O)c1cc(C(=O)Nc2cccc(Cl)c2)ccc1OC. The van der Waals surface area contributed by atoms with Crippen molar-refractivity contribution in [3.63, 3.8) is 0 Å². The van der Waals surface area contributed by atoms with E-state index in [1.54, 1.807) is 24.3 Å². The minimum atomic E-state index is -3.78. The van der Waals surface area contributed by atoms with Crippen molar-refractivity contribution >= 4 is 33.2 Å². The van der Waals surface area contributed by atoms with Gasteiger partial charge in [-0.3, -0.25) is 4.79 Å². The van der Waals surface area contributed by atoms with E-state index in [-0.39, 0.29) is 16.2 Å². The van der Waals surface area contributed by atoms with Crippen molar-refractivity contribution in [3.05, 3.63) is 53.1 Å². The molecule has 0 atom stereocenters. The third-order valence-electron chi connectivity index (χ3n) is 3.34. The highest BCUT2D eigenvalue weighted by atomic mass is 35.5. The number of halogens is 1. The van der Waals surface area contributed by atoms with Crippen molar-refractivity contribution in [2.45, 2.75) is 18.2 Å². The van der Waals surface area contributed by atoms with Crippen molar-refractivity contribution < 1.29 is 17.9 Å². The van der Waals surface area contributed by atoms with Gasteiger partial charge < -0.3 is 10.1 Å². The van der Waals surface area contributed by atoms with Crippen molar-refractivity contribution in [3.8, 4) is 5.75 Å². The fraction of sp³-hybridized carbons (Fsp3) is 0.235. The van der Waals surface area contributed by atoms with Gasteiger partial charge in [-0.15, -0.1) is 0 Å². The molecular formula is C17H19ClN2O4S. The average molecular weight is 383 g/mol. The van der Waals surface area contributed by atoms with Gasteiger partial charge in [0.2, 0.25) is 10.0 Å². The van der Waals surface area contributed by atoms with Gasteiger partial charge in [-0.2, -0.15) is 0 Å². The van der Waals surface area contributed by atoms with E-state index in [1.807, 2.05) is 6.92 Å². The van der Waals surface area contributed by atoms with Gasteiger partial charge in [0, 0.05) is 22.8 Å². The second-order valence-corrected chi connectivity index (χ2v) is 7.40. The van der Waals surface area contributed by atoms with Crippen LogP contribution >= 0.6 is 11.6 Å². The molecule has 0 aromatic heterocycles. The van der Waals surface area contributed by atoms with E-state index < -0.39 is 15.9 Å². The predicted molar refractivity (Wildman–Crippen MR) is 97.9 cm³/mol. The van der Waals surface area contributed by atoms with Crippen LogP contribution < -0.4 is 14.8 Å². The molecule has 0 heterocycles. The quantitative estimate of drug-likeness (QED) is 0.769. The van der Waals surface area contributed by atoms with E-state index in [9.17, 15) is 13.2 Å². The molecule has 0 unspecified atom stereocenters. The molecule has 0 aliphatic carbocycles. The topological polar surface area (TPSA) is 84.5 Å². The Balaban J connectivity index is 2.33. The molecule has 2 rings (SSSR count). The highest BCUT2D eigenvalue weighted by Gasteiger charge is 2.21. The molecule has 2 aromatic carbocycles. The summed E-state index contributed by atoms with van der Waals surface area (Å²) in [6.07, 6.45) is 0.649. The zero-order valence-corrected chi connectivity index (χ0v) is 15.4. The maximum atomic E-state index is 12.4. The summed E-state index contributed by atoms with van der Waals surface area (Å²) < 4.78 is 32.4. The number of carbonyl (C=O) groups excluding carboxylic acids is 1. The lowest BCUT2D eigenvalue weighted by Crippen LogP contribution is -2.25. The van der Waals surface area contributed by atoms with E-state index >= 15 is 0 Å². The summed E-state index contributed by atoms with van der Waals surface area (Å²) in [6.45, 7) is 2.15. The predicted octanol–water partition coefficient (Wildman–Crippen LogP) is 3.29. The van der Waals surface area contributed by atoms with E-state index in [0.29, 0.717) is 23.7 Å². The summed E-state index contributed by atoms with van der Waals surface area (Å²) in [5.41, 5.74) is 0.708. The van der Waals surface area contributed by atoms with Gasteiger partial charge >= 0.3 is 0 Å². The van der Waals surface area contributed by atoms with Gasteiger partial charge in [-0.1, -0.05) is 24.6 Å². The Morgan fingerprint density at radius 1 is 1.20 bits per heavy atom. The molecule has 0 aliphatic heterocycles. The average Bonchev–Trinajstić information content (AvgIpc) is 2.59. The van der Waals surface area contributed by atoms with Gasteiger partial charge in [0.05, 0.1) is 7.11 Å². The second kappa shape index (κ2) is 8.33. The number of rotatable bonds is 7. The number of sulfonamides is 1. The molecule has 0 spiro atoms. The molecule has 6 nitrogen and oxygen atoms in total. The summed E-state index contributed by atoms with van der Waals surface area (Å²) in [5, 5.41) is 3.16. The Bertz CT molecular complexity index is 869. The summed E-state index contributed by atoms with van der Waals surface area (Å²) in [7, 11) is -2.40.